The Morgan fingerprint density at radius 1 is 1.25 bits per heavy atom. The van der Waals surface area contributed by atoms with Crippen molar-refractivity contribution in [3.8, 4) is 17.3 Å². The summed E-state index contributed by atoms with van der Waals surface area (Å²) in [6.07, 6.45) is 0. The van der Waals surface area contributed by atoms with E-state index in [-0.39, 0.29) is 0 Å². The van der Waals surface area contributed by atoms with Gasteiger partial charge in [-0.2, -0.15) is 5.26 Å². The van der Waals surface area contributed by atoms with Crippen LogP contribution in [0.25, 0.3) is 11.3 Å². The molecular formula is C12H8ClN3. The van der Waals surface area contributed by atoms with Gasteiger partial charge in [0.05, 0.1) is 17.3 Å². The molecule has 0 fully saturated rings. The van der Waals surface area contributed by atoms with Crippen molar-refractivity contribution in [1.82, 2.24) is 9.97 Å². The Labute approximate surface area is 98.4 Å². The van der Waals surface area contributed by atoms with Crippen LogP contribution in [0.15, 0.2) is 30.3 Å². The second-order valence-corrected chi connectivity index (χ2v) is 3.70. The molecule has 1 heterocycles. The Morgan fingerprint density at radius 2 is 2.06 bits per heavy atom. The molecule has 4 heteroatoms. The van der Waals surface area contributed by atoms with Gasteiger partial charge in [-0.3, -0.25) is 0 Å². The van der Waals surface area contributed by atoms with Crippen LogP contribution in [0, 0.1) is 18.3 Å². The maximum atomic E-state index is 8.81. The van der Waals surface area contributed by atoms with E-state index in [2.05, 4.69) is 16.0 Å². The van der Waals surface area contributed by atoms with Crippen molar-refractivity contribution in [1.29, 1.82) is 5.26 Å². The summed E-state index contributed by atoms with van der Waals surface area (Å²) in [5, 5.41) is 9.22. The summed E-state index contributed by atoms with van der Waals surface area (Å²) in [6.45, 7) is 1.78. The first kappa shape index (κ1) is 10.6. The zero-order valence-electron chi connectivity index (χ0n) is 8.61. The lowest BCUT2D eigenvalue weighted by Crippen LogP contribution is -1.91. The van der Waals surface area contributed by atoms with Crippen LogP contribution in [0.2, 0.25) is 5.15 Å². The summed E-state index contributed by atoms with van der Waals surface area (Å²) in [5.74, 6) is 0.616. The van der Waals surface area contributed by atoms with E-state index < -0.39 is 0 Å². The van der Waals surface area contributed by atoms with Gasteiger partial charge in [0.25, 0.3) is 0 Å². The van der Waals surface area contributed by atoms with Crippen LogP contribution in [0.4, 0.5) is 0 Å². The number of rotatable bonds is 1. The van der Waals surface area contributed by atoms with Crippen LogP contribution >= 0.6 is 11.6 Å². The molecule has 2 aromatic rings. The minimum absolute atomic E-state index is 0.407. The maximum Gasteiger partial charge on any atom is 0.133 e. The first-order valence-corrected chi connectivity index (χ1v) is 5.08. The zero-order chi connectivity index (χ0) is 11.5. The van der Waals surface area contributed by atoms with E-state index in [9.17, 15) is 0 Å². The molecule has 1 aromatic heterocycles. The molecule has 3 nitrogen and oxygen atoms in total. The number of nitriles is 1. The number of hydrogen-bond donors (Lipinski definition) is 0. The molecule has 0 N–H and O–H groups in total. The Morgan fingerprint density at radius 3 is 2.75 bits per heavy atom. The fraction of sp³-hybridized carbons (Fsp3) is 0.0833. The Hall–Kier alpha value is -1.92. The number of benzene rings is 1. The van der Waals surface area contributed by atoms with Crippen LogP contribution in [0.1, 0.15) is 11.4 Å². The number of halogens is 1. The lowest BCUT2D eigenvalue weighted by atomic mass is 10.1. The van der Waals surface area contributed by atoms with Gasteiger partial charge in [0.2, 0.25) is 0 Å². The van der Waals surface area contributed by atoms with E-state index >= 15 is 0 Å². The Kier molecular flexibility index (Phi) is 2.84. The van der Waals surface area contributed by atoms with Gasteiger partial charge in [-0.05, 0) is 19.1 Å². The van der Waals surface area contributed by atoms with Crippen molar-refractivity contribution in [3.05, 3.63) is 46.9 Å². The molecule has 0 spiro atoms. The number of aryl methyl sites for hydroxylation is 1. The van der Waals surface area contributed by atoms with Crippen LogP contribution in [-0.2, 0) is 0 Å². The lowest BCUT2D eigenvalue weighted by molar-refractivity contribution is 1.06. The molecular weight excluding hydrogens is 222 g/mol. The van der Waals surface area contributed by atoms with E-state index in [0.717, 1.165) is 11.3 Å². The normalized spacial score (nSPS) is 9.81. The highest BCUT2D eigenvalue weighted by molar-refractivity contribution is 6.29. The van der Waals surface area contributed by atoms with Crippen molar-refractivity contribution in [2.75, 3.05) is 0 Å². The van der Waals surface area contributed by atoms with Gasteiger partial charge < -0.3 is 0 Å². The predicted octanol–water partition coefficient (Wildman–Crippen LogP) is 2.98. The molecule has 0 atom stereocenters. The highest BCUT2D eigenvalue weighted by Gasteiger charge is 2.03. The molecule has 16 heavy (non-hydrogen) atoms. The van der Waals surface area contributed by atoms with Crippen molar-refractivity contribution in [2.45, 2.75) is 6.92 Å². The fourth-order valence-corrected chi connectivity index (χ4v) is 1.65. The van der Waals surface area contributed by atoms with Gasteiger partial charge in [0.15, 0.2) is 0 Å². The molecule has 0 amide bonds. The second-order valence-electron chi connectivity index (χ2n) is 3.32. The smallest absolute Gasteiger partial charge is 0.133 e. The number of hydrogen-bond acceptors (Lipinski definition) is 3. The maximum absolute atomic E-state index is 8.81. The average molecular weight is 230 g/mol. The van der Waals surface area contributed by atoms with Crippen molar-refractivity contribution in [3.63, 3.8) is 0 Å². The van der Waals surface area contributed by atoms with Gasteiger partial charge in [-0.15, -0.1) is 0 Å². The molecule has 1 aromatic carbocycles. The number of aromatic nitrogens is 2. The summed E-state index contributed by atoms with van der Waals surface area (Å²) in [5.41, 5.74) is 2.20. The fourth-order valence-electron chi connectivity index (χ4n) is 1.43. The zero-order valence-corrected chi connectivity index (χ0v) is 9.36. The minimum atomic E-state index is 0.407. The highest BCUT2D eigenvalue weighted by atomic mass is 35.5. The van der Waals surface area contributed by atoms with E-state index in [0.29, 0.717) is 16.5 Å². The first-order valence-electron chi connectivity index (χ1n) is 4.71. The molecule has 0 aliphatic heterocycles. The molecule has 0 saturated carbocycles. The highest BCUT2D eigenvalue weighted by Crippen LogP contribution is 2.20. The van der Waals surface area contributed by atoms with Gasteiger partial charge in [0.1, 0.15) is 11.0 Å². The summed E-state index contributed by atoms with van der Waals surface area (Å²) < 4.78 is 0. The van der Waals surface area contributed by atoms with Gasteiger partial charge in [-0.25, -0.2) is 9.97 Å². The molecule has 0 unspecified atom stereocenters. The summed E-state index contributed by atoms with van der Waals surface area (Å²) >= 11 is 5.86. The monoisotopic (exact) mass is 229 g/mol. The van der Waals surface area contributed by atoms with E-state index in [4.69, 9.17) is 16.9 Å². The molecule has 0 aliphatic rings. The van der Waals surface area contributed by atoms with Crippen LogP contribution in [-0.4, -0.2) is 9.97 Å². The van der Waals surface area contributed by atoms with Crippen LogP contribution < -0.4 is 0 Å². The van der Waals surface area contributed by atoms with Crippen LogP contribution in [0.5, 0.6) is 0 Å². The molecule has 0 aliphatic carbocycles. The Balaban J connectivity index is 2.54. The minimum Gasteiger partial charge on any atom is -0.233 e. The van der Waals surface area contributed by atoms with E-state index in [1.807, 2.05) is 12.1 Å². The summed E-state index contributed by atoms with van der Waals surface area (Å²) in [6, 6.07) is 11.0. The van der Waals surface area contributed by atoms with E-state index in [1.54, 1.807) is 25.1 Å². The second kappa shape index (κ2) is 4.30. The molecule has 2 rings (SSSR count). The molecule has 0 radical (unpaired) electrons. The third-order valence-electron chi connectivity index (χ3n) is 2.09. The van der Waals surface area contributed by atoms with Crippen LogP contribution in [0.3, 0.4) is 0 Å². The first-order chi connectivity index (χ1) is 7.69. The molecule has 78 valence electrons. The summed E-state index contributed by atoms with van der Waals surface area (Å²) in [7, 11) is 0. The lowest BCUT2D eigenvalue weighted by Gasteiger charge is -2.02. The third-order valence-corrected chi connectivity index (χ3v) is 2.29. The van der Waals surface area contributed by atoms with Crippen molar-refractivity contribution in [2.24, 2.45) is 0 Å². The largest absolute Gasteiger partial charge is 0.233 e. The Bertz CT molecular complexity index is 552. The SMILES string of the molecule is Cc1nc(Cl)cc(-c2cccc(C#N)c2)n1. The molecule has 0 saturated heterocycles. The van der Waals surface area contributed by atoms with Crippen molar-refractivity contribution < 1.29 is 0 Å². The van der Waals surface area contributed by atoms with E-state index in [1.165, 1.54) is 0 Å². The topological polar surface area (TPSA) is 49.6 Å². The standard InChI is InChI=1S/C12H8ClN3/c1-8-15-11(6-12(13)16-8)10-4-2-3-9(5-10)7-14/h2-6H,1H3. The summed E-state index contributed by atoms with van der Waals surface area (Å²) in [4.78, 5) is 8.27. The number of nitrogens with zero attached hydrogens (tertiary/aromatic N) is 3. The van der Waals surface area contributed by atoms with Gasteiger partial charge in [0, 0.05) is 11.6 Å². The van der Waals surface area contributed by atoms with Gasteiger partial charge in [-0.1, -0.05) is 23.7 Å². The predicted molar refractivity (Wildman–Crippen MR) is 61.9 cm³/mol. The molecule has 0 bridgehead atoms. The third kappa shape index (κ3) is 2.18. The average Bonchev–Trinajstić information content (AvgIpc) is 2.28. The van der Waals surface area contributed by atoms with Gasteiger partial charge >= 0.3 is 0 Å². The quantitative estimate of drug-likeness (QED) is 0.707. The van der Waals surface area contributed by atoms with Crippen molar-refractivity contribution >= 4 is 11.6 Å².